The van der Waals surface area contributed by atoms with Gasteiger partial charge in [-0.3, -0.25) is 9.59 Å². The van der Waals surface area contributed by atoms with Crippen molar-refractivity contribution in [1.82, 2.24) is 4.90 Å². The van der Waals surface area contributed by atoms with E-state index < -0.39 is 0 Å². The van der Waals surface area contributed by atoms with E-state index in [0.29, 0.717) is 24.8 Å². The molecule has 0 saturated carbocycles. The van der Waals surface area contributed by atoms with Gasteiger partial charge in [0, 0.05) is 4.90 Å². The maximum atomic E-state index is 12.5. The summed E-state index contributed by atoms with van der Waals surface area (Å²) in [4.78, 5) is 28.9. The first kappa shape index (κ1) is 16.6. The van der Waals surface area contributed by atoms with Gasteiger partial charge < -0.3 is 9.64 Å². The summed E-state index contributed by atoms with van der Waals surface area (Å²) in [7, 11) is 0. The Morgan fingerprint density at radius 3 is 2.61 bits per heavy atom. The summed E-state index contributed by atoms with van der Waals surface area (Å²) in [5, 5.41) is -0.180. The van der Waals surface area contributed by atoms with E-state index in [-0.39, 0.29) is 11.1 Å². The number of thioether (sulfide) groups is 2. The van der Waals surface area contributed by atoms with Crippen LogP contribution in [0.25, 0.3) is 6.08 Å². The third-order valence-electron chi connectivity index (χ3n) is 3.87. The van der Waals surface area contributed by atoms with Crippen molar-refractivity contribution in [3.05, 3.63) is 34.7 Å². The number of nitrogens with one attached hydrogen (secondary N) is 1. The zero-order valence-corrected chi connectivity index (χ0v) is 14.5. The van der Waals surface area contributed by atoms with Gasteiger partial charge in [-0.2, -0.15) is 0 Å². The van der Waals surface area contributed by atoms with E-state index in [1.807, 2.05) is 30.5 Å². The maximum Gasteiger partial charge on any atom is 0.298 e. The molecule has 7 heteroatoms. The van der Waals surface area contributed by atoms with Gasteiger partial charge in [-0.25, -0.2) is 4.90 Å². The Morgan fingerprint density at radius 2 is 1.96 bits per heavy atom. The highest BCUT2D eigenvalue weighted by molar-refractivity contribution is 8.18. The molecule has 0 radical (unpaired) electrons. The van der Waals surface area contributed by atoms with Crippen LogP contribution in [0.3, 0.4) is 0 Å². The largest absolute Gasteiger partial charge is 0.370 e. The van der Waals surface area contributed by atoms with Gasteiger partial charge in [0.25, 0.3) is 11.1 Å². The highest BCUT2D eigenvalue weighted by Crippen LogP contribution is 2.31. The molecular weight excluding hydrogens is 332 g/mol. The number of rotatable bonds is 4. The van der Waals surface area contributed by atoms with Crippen molar-refractivity contribution in [1.29, 1.82) is 0 Å². The van der Waals surface area contributed by atoms with Crippen LogP contribution in [0.2, 0.25) is 0 Å². The minimum atomic E-state index is -0.187. The normalized spacial score (nSPS) is 21.4. The molecule has 0 aliphatic carbocycles. The molecule has 1 N–H and O–H groups in total. The minimum Gasteiger partial charge on any atom is -0.370 e. The molecule has 2 aliphatic rings. The van der Waals surface area contributed by atoms with E-state index in [1.165, 1.54) is 14.7 Å². The fourth-order valence-corrected chi connectivity index (χ4v) is 3.78. The maximum absolute atomic E-state index is 12.5. The van der Waals surface area contributed by atoms with Crippen molar-refractivity contribution in [3.63, 3.8) is 0 Å². The number of hydrogen-bond acceptors (Lipinski definition) is 5. The second-order valence-electron chi connectivity index (χ2n) is 5.40. The third kappa shape index (κ3) is 3.98. The number of quaternary nitrogens is 1. The van der Waals surface area contributed by atoms with Crippen LogP contribution in [0.1, 0.15) is 5.56 Å². The van der Waals surface area contributed by atoms with Crippen LogP contribution in [-0.2, 0) is 9.53 Å². The van der Waals surface area contributed by atoms with E-state index in [4.69, 9.17) is 4.74 Å². The fraction of sp³-hybridized carbons (Fsp3) is 0.375. The average Bonchev–Trinajstić information content (AvgIpc) is 2.84. The van der Waals surface area contributed by atoms with Gasteiger partial charge in [-0.1, -0.05) is 12.1 Å². The zero-order valence-electron chi connectivity index (χ0n) is 12.9. The number of benzene rings is 1. The van der Waals surface area contributed by atoms with Gasteiger partial charge in [-0.15, -0.1) is 11.8 Å². The molecule has 0 spiro atoms. The number of hydrogen-bond donors (Lipinski definition) is 1. The molecular formula is C16H19N2O3S2+. The molecule has 3 rings (SSSR count). The molecule has 0 unspecified atom stereocenters. The highest BCUT2D eigenvalue weighted by Gasteiger charge is 2.37. The third-order valence-corrected chi connectivity index (χ3v) is 5.52. The molecule has 0 aromatic heterocycles. The summed E-state index contributed by atoms with van der Waals surface area (Å²) < 4.78 is 5.31. The molecule has 2 fully saturated rings. The zero-order chi connectivity index (χ0) is 16.2. The predicted molar refractivity (Wildman–Crippen MR) is 92.4 cm³/mol. The van der Waals surface area contributed by atoms with Crippen LogP contribution in [0.5, 0.6) is 0 Å². The number of nitrogens with zero attached hydrogens (tertiary/aromatic N) is 1. The Morgan fingerprint density at radius 1 is 1.26 bits per heavy atom. The van der Waals surface area contributed by atoms with Crippen molar-refractivity contribution >= 4 is 40.7 Å². The molecule has 2 saturated heterocycles. The molecule has 5 nitrogen and oxygen atoms in total. The first-order valence-electron chi connectivity index (χ1n) is 7.48. The SMILES string of the molecule is CSc1ccc(/C=C2/SC(=O)N(C[NH+]3CCOCC3)C2=O)cc1. The van der Waals surface area contributed by atoms with Crippen LogP contribution >= 0.6 is 23.5 Å². The van der Waals surface area contributed by atoms with E-state index in [2.05, 4.69) is 0 Å². The van der Waals surface area contributed by atoms with Crippen molar-refractivity contribution in [2.24, 2.45) is 0 Å². The number of amides is 2. The molecule has 2 amide bonds. The fourth-order valence-electron chi connectivity index (χ4n) is 2.53. The lowest BCUT2D eigenvalue weighted by molar-refractivity contribution is -0.915. The van der Waals surface area contributed by atoms with Gasteiger partial charge in [0.15, 0.2) is 6.67 Å². The molecule has 2 heterocycles. The quantitative estimate of drug-likeness (QED) is 0.655. The first-order valence-corrected chi connectivity index (χ1v) is 9.52. The van der Waals surface area contributed by atoms with E-state index >= 15 is 0 Å². The molecule has 23 heavy (non-hydrogen) atoms. The number of carbonyl (C=O) groups is 2. The number of morpholine rings is 1. The molecule has 2 aliphatic heterocycles. The smallest absolute Gasteiger partial charge is 0.298 e. The van der Waals surface area contributed by atoms with Gasteiger partial charge in [0.05, 0.1) is 18.1 Å². The van der Waals surface area contributed by atoms with Crippen molar-refractivity contribution < 1.29 is 19.2 Å². The van der Waals surface area contributed by atoms with E-state index in [0.717, 1.165) is 30.4 Å². The summed E-state index contributed by atoms with van der Waals surface area (Å²) in [5.41, 5.74) is 0.937. The average molecular weight is 351 g/mol. The molecule has 0 atom stereocenters. The standard InChI is InChI=1S/C16H18N2O3S2/c1-22-13-4-2-12(3-5-13)10-14-15(19)18(16(20)23-14)11-17-6-8-21-9-7-17/h2-5,10H,6-9,11H2,1H3/p+1/b14-10+. The Bertz CT molecular complexity index is 625. The topological polar surface area (TPSA) is 51.1 Å². The lowest BCUT2D eigenvalue weighted by Gasteiger charge is -2.26. The Hall–Kier alpha value is -1.28. The monoisotopic (exact) mass is 351 g/mol. The van der Waals surface area contributed by atoms with E-state index in [9.17, 15) is 9.59 Å². The van der Waals surface area contributed by atoms with Crippen LogP contribution in [0.15, 0.2) is 34.1 Å². The van der Waals surface area contributed by atoms with Crippen molar-refractivity contribution in [3.8, 4) is 0 Å². The van der Waals surface area contributed by atoms with E-state index in [1.54, 1.807) is 17.8 Å². The van der Waals surface area contributed by atoms with Crippen molar-refractivity contribution in [2.75, 3.05) is 39.2 Å². The van der Waals surface area contributed by atoms with Crippen LogP contribution < -0.4 is 4.90 Å². The number of carbonyl (C=O) groups excluding carboxylic acids is 2. The minimum absolute atomic E-state index is 0.180. The second-order valence-corrected chi connectivity index (χ2v) is 7.28. The lowest BCUT2D eigenvalue weighted by Crippen LogP contribution is -3.15. The van der Waals surface area contributed by atoms with Gasteiger partial charge in [0.2, 0.25) is 0 Å². The lowest BCUT2D eigenvalue weighted by atomic mass is 10.2. The molecule has 122 valence electrons. The van der Waals surface area contributed by atoms with Gasteiger partial charge >= 0.3 is 0 Å². The summed E-state index contributed by atoms with van der Waals surface area (Å²) in [6.07, 6.45) is 3.82. The number of ether oxygens (including phenoxy) is 1. The molecule has 0 bridgehead atoms. The first-order chi connectivity index (χ1) is 11.2. The van der Waals surface area contributed by atoms with Crippen LogP contribution in [0, 0.1) is 0 Å². The predicted octanol–water partition coefficient (Wildman–Crippen LogP) is 1.32. The van der Waals surface area contributed by atoms with Crippen LogP contribution in [0.4, 0.5) is 4.79 Å². The summed E-state index contributed by atoms with van der Waals surface area (Å²) in [6.45, 7) is 3.46. The highest BCUT2D eigenvalue weighted by atomic mass is 32.2. The van der Waals surface area contributed by atoms with Gasteiger partial charge in [0.1, 0.15) is 13.1 Å². The summed E-state index contributed by atoms with van der Waals surface area (Å²) in [6, 6.07) is 7.96. The van der Waals surface area contributed by atoms with Crippen molar-refractivity contribution in [2.45, 2.75) is 4.90 Å². The van der Waals surface area contributed by atoms with Crippen LogP contribution in [-0.4, -0.2) is 55.3 Å². The Balaban J connectivity index is 1.70. The molecule has 1 aromatic rings. The Labute approximate surface area is 144 Å². The second kappa shape index (κ2) is 7.53. The summed E-state index contributed by atoms with van der Waals surface area (Å²) in [5.74, 6) is -0.187. The number of imide groups is 1. The van der Waals surface area contributed by atoms with Gasteiger partial charge in [-0.05, 0) is 41.8 Å². The molecule has 1 aromatic carbocycles. The Kier molecular flexibility index (Phi) is 5.42. The summed E-state index contributed by atoms with van der Waals surface area (Å²) >= 11 is 2.70.